The highest BCUT2D eigenvalue weighted by Gasteiger charge is 2.15. The zero-order valence-corrected chi connectivity index (χ0v) is 22.1. The molecule has 1 heterocycles. The fraction of sp³-hybridized carbons (Fsp3) is 0.387. The lowest BCUT2D eigenvalue weighted by Gasteiger charge is -2.17. The van der Waals surface area contributed by atoms with E-state index in [1.54, 1.807) is 0 Å². The molecule has 5 heteroatoms. The summed E-state index contributed by atoms with van der Waals surface area (Å²) in [4.78, 5) is 7.43. The molecular weight excluding hydrogens is 446 g/mol. The predicted octanol–water partition coefficient (Wildman–Crippen LogP) is 7.05. The average molecular weight is 486 g/mol. The summed E-state index contributed by atoms with van der Waals surface area (Å²) >= 11 is 0. The van der Waals surface area contributed by atoms with E-state index in [1.807, 2.05) is 36.4 Å². The smallest absolute Gasteiger partial charge is 0.141 e. The molecule has 5 nitrogen and oxygen atoms in total. The molecule has 1 aromatic heterocycles. The summed E-state index contributed by atoms with van der Waals surface area (Å²) in [5.74, 6) is 3.23. The Balaban J connectivity index is 1.50. The van der Waals surface area contributed by atoms with Crippen molar-refractivity contribution < 1.29 is 9.47 Å². The van der Waals surface area contributed by atoms with Crippen LogP contribution in [0.3, 0.4) is 0 Å². The van der Waals surface area contributed by atoms with Gasteiger partial charge in [-0.3, -0.25) is 0 Å². The summed E-state index contributed by atoms with van der Waals surface area (Å²) in [5, 5.41) is 0. The van der Waals surface area contributed by atoms with Gasteiger partial charge in [0.25, 0.3) is 0 Å². The van der Waals surface area contributed by atoms with Crippen molar-refractivity contribution in [1.82, 2.24) is 14.5 Å². The highest BCUT2D eigenvalue weighted by atomic mass is 16.5. The second kappa shape index (κ2) is 12.6. The molecule has 0 amide bonds. The van der Waals surface area contributed by atoms with Crippen molar-refractivity contribution >= 4 is 11.0 Å². The quantitative estimate of drug-likeness (QED) is 0.190. The maximum absolute atomic E-state index is 6.12. The van der Waals surface area contributed by atoms with Crippen LogP contribution in [0.1, 0.15) is 39.7 Å². The lowest BCUT2D eigenvalue weighted by Crippen LogP contribution is -2.25. The van der Waals surface area contributed by atoms with Gasteiger partial charge in [0.05, 0.1) is 17.6 Å². The highest BCUT2D eigenvalue weighted by molar-refractivity contribution is 5.82. The van der Waals surface area contributed by atoms with Crippen molar-refractivity contribution in [2.75, 3.05) is 26.2 Å². The topological polar surface area (TPSA) is 39.5 Å². The van der Waals surface area contributed by atoms with E-state index >= 15 is 0 Å². The zero-order chi connectivity index (χ0) is 25.3. The van der Waals surface area contributed by atoms with Gasteiger partial charge in [-0.15, -0.1) is 0 Å². The summed E-state index contributed by atoms with van der Waals surface area (Å²) in [5.41, 5.74) is 4.35. The van der Waals surface area contributed by atoms with Crippen LogP contribution in [0.4, 0.5) is 0 Å². The van der Waals surface area contributed by atoms with Crippen LogP contribution in [0.2, 0.25) is 0 Å². The van der Waals surface area contributed by atoms with Gasteiger partial charge in [-0.2, -0.15) is 0 Å². The van der Waals surface area contributed by atoms with Crippen LogP contribution < -0.4 is 9.47 Å². The van der Waals surface area contributed by atoms with E-state index in [0.29, 0.717) is 12.5 Å². The molecule has 190 valence electrons. The fourth-order valence-electron chi connectivity index (χ4n) is 4.42. The molecular formula is C31H39N3O2. The van der Waals surface area contributed by atoms with E-state index in [9.17, 15) is 0 Å². The van der Waals surface area contributed by atoms with Crippen molar-refractivity contribution in [3.8, 4) is 22.9 Å². The van der Waals surface area contributed by atoms with Crippen LogP contribution in [-0.2, 0) is 13.2 Å². The molecule has 0 atom stereocenters. The van der Waals surface area contributed by atoms with Gasteiger partial charge in [-0.25, -0.2) is 4.98 Å². The predicted molar refractivity (Wildman–Crippen MR) is 149 cm³/mol. The van der Waals surface area contributed by atoms with E-state index in [1.165, 1.54) is 0 Å². The van der Waals surface area contributed by atoms with Gasteiger partial charge < -0.3 is 18.9 Å². The zero-order valence-electron chi connectivity index (χ0n) is 22.1. The first-order chi connectivity index (χ1) is 17.6. The van der Waals surface area contributed by atoms with Gasteiger partial charge in [-0.05, 0) is 67.4 Å². The summed E-state index contributed by atoms with van der Waals surface area (Å²) in [7, 11) is 0. The minimum atomic E-state index is 0.494. The van der Waals surface area contributed by atoms with Crippen molar-refractivity contribution in [3.63, 3.8) is 0 Å². The van der Waals surface area contributed by atoms with Gasteiger partial charge in [-0.1, -0.05) is 58.0 Å². The molecule has 0 unspecified atom stereocenters. The van der Waals surface area contributed by atoms with Gasteiger partial charge in [0, 0.05) is 24.7 Å². The first-order valence-electron chi connectivity index (χ1n) is 13.2. The standard InChI is InChI=1S/C31H39N3O2/c1-5-33(6-2)19-10-20-35-28-17-18-29-30(21-28)34(22-24(3)4)31(32-29)26-13-15-27(16-14-26)36-23-25-11-8-7-9-12-25/h7-9,11-18,21,24H,5-6,10,19-20,22-23H2,1-4H3. The Morgan fingerprint density at radius 2 is 1.58 bits per heavy atom. The minimum Gasteiger partial charge on any atom is -0.493 e. The van der Waals surface area contributed by atoms with Gasteiger partial charge in [0.2, 0.25) is 0 Å². The van der Waals surface area contributed by atoms with Crippen molar-refractivity contribution in [2.45, 2.75) is 47.3 Å². The molecule has 3 aromatic carbocycles. The lowest BCUT2D eigenvalue weighted by atomic mass is 10.1. The Labute approximate surface area is 215 Å². The third kappa shape index (κ3) is 6.67. The van der Waals surface area contributed by atoms with Crippen LogP contribution in [0.25, 0.3) is 22.4 Å². The van der Waals surface area contributed by atoms with Crippen molar-refractivity contribution in [3.05, 3.63) is 78.4 Å². The molecule has 0 saturated heterocycles. The lowest BCUT2D eigenvalue weighted by molar-refractivity contribution is 0.249. The minimum absolute atomic E-state index is 0.494. The summed E-state index contributed by atoms with van der Waals surface area (Å²) in [6.45, 7) is 14.3. The Morgan fingerprint density at radius 1 is 0.861 bits per heavy atom. The molecule has 0 bridgehead atoms. The molecule has 4 rings (SSSR count). The third-order valence-electron chi connectivity index (χ3n) is 6.41. The molecule has 4 aromatic rings. The second-order valence-corrected chi connectivity index (χ2v) is 9.62. The van der Waals surface area contributed by atoms with E-state index in [2.05, 4.69) is 73.6 Å². The van der Waals surface area contributed by atoms with Crippen molar-refractivity contribution in [1.29, 1.82) is 0 Å². The first kappa shape index (κ1) is 25.8. The molecule has 36 heavy (non-hydrogen) atoms. The molecule has 0 N–H and O–H groups in total. The number of rotatable bonds is 13. The number of imidazole rings is 1. The Kier molecular flexibility index (Phi) is 9.01. The molecule has 0 saturated carbocycles. The van der Waals surface area contributed by atoms with E-state index in [0.717, 1.165) is 78.7 Å². The van der Waals surface area contributed by atoms with Crippen LogP contribution >= 0.6 is 0 Å². The van der Waals surface area contributed by atoms with E-state index in [4.69, 9.17) is 14.5 Å². The van der Waals surface area contributed by atoms with Crippen molar-refractivity contribution in [2.24, 2.45) is 5.92 Å². The Hall–Kier alpha value is -3.31. The molecule has 0 aliphatic carbocycles. The SMILES string of the molecule is CCN(CC)CCCOc1ccc2nc(-c3ccc(OCc4ccccc4)cc3)n(CC(C)C)c2c1. The number of aromatic nitrogens is 2. The second-order valence-electron chi connectivity index (χ2n) is 9.62. The highest BCUT2D eigenvalue weighted by Crippen LogP contribution is 2.30. The number of ether oxygens (including phenoxy) is 2. The third-order valence-corrected chi connectivity index (χ3v) is 6.41. The maximum atomic E-state index is 6.12. The number of hydrogen-bond acceptors (Lipinski definition) is 4. The number of nitrogens with zero attached hydrogens (tertiary/aromatic N) is 3. The number of hydrogen-bond donors (Lipinski definition) is 0. The number of benzene rings is 3. The molecule has 0 aliphatic heterocycles. The average Bonchev–Trinajstić information content (AvgIpc) is 3.25. The molecule has 0 aliphatic rings. The largest absolute Gasteiger partial charge is 0.493 e. The van der Waals surface area contributed by atoms with Crippen LogP contribution in [0.15, 0.2) is 72.8 Å². The summed E-state index contributed by atoms with van der Waals surface area (Å²) in [6.07, 6.45) is 1.02. The molecule has 0 fully saturated rings. The van der Waals surface area contributed by atoms with Gasteiger partial charge in [0.1, 0.15) is 23.9 Å². The summed E-state index contributed by atoms with van der Waals surface area (Å²) in [6, 6.07) is 24.7. The van der Waals surface area contributed by atoms with E-state index in [-0.39, 0.29) is 0 Å². The molecule has 0 radical (unpaired) electrons. The van der Waals surface area contributed by atoms with Gasteiger partial charge >= 0.3 is 0 Å². The fourth-order valence-corrected chi connectivity index (χ4v) is 4.42. The normalized spacial score (nSPS) is 11.5. The Morgan fingerprint density at radius 3 is 2.28 bits per heavy atom. The number of fused-ring (bicyclic) bond motifs is 1. The van der Waals surface area contributed by atoms with Crippen LogP contribution in [0.5, 0.6) is 11.5 Å². The van der Waals surface area contributed by atoms with Gasteiger partial charge in [0.15, 0.2) is 0 Å². The molecule has 0 spiro atoms. The first-order valence-corrected chi connectivity index (χ1v) is 13.2. The van der Waals surface area contributed by atoms with E-state index < -0.39 is 0 Å². The maximum Gasteiger partial charge on any atom is 0.141 e. The van der Waals surface area contributed by atoms with Crippen LogP contribution in [0, 0.1) is 5.92 Å². The monoisotopic (exact) mass is 485 g/mol. The van der Waals surface area contributed by atoms with Crippen LogP contribution in [-0.4, -0.2) is 40.7 Å². The summed E-state index contributed by atoms with van der Waals surface area (Å²) < 4.78 is 14.4. The Bertz CT molecular complexity index is 1210.